The molecule has 0 saturated heterocycles. The average Bonchev–Trinajstić information content (AvgIpc) is 2.98. The second kappa shape index (κ2) is 6.77. The Morgan fingerprint density at radius 2 is 2.12 bits per heavy atom. The number of hydrogen-bond acceptors (Lipinski definition) is 5. The summed E-state index contributed by atoms with van der Waals surface area (Å²) < 4.78 is 5.89. The Labute approximate surface area is 144 Å². The number of rotatable bonds is 2. The molecule has 0 spiro atoms. The van der Waals surface area contributed by atoms with Crippen LogP contribution in [0.4, 0.5) is 5.69 Å². The molecule has 0 aliphatic heterocycles. The molecule has 0 atom stereocenters. The van der Waals surface area contributed by atoms with E-state index in [0.29, 0.717) is 11.1 Å². The number of amidine groups is 1. The number of hydrogen-bond donors (Lipinski definition) is 1. The highest BCUT2D eigenvalue weighted by Gasteiger charge is 2.13. The third kappa shape index (κ3) is 3.12. The van der Waals surface area contributed by atoms with Gasteiger partial charge in [-0.3, -0.25) is 5.32 Å². The minimum absolute atomic E-state index is 0.547. The van der Waals surface area contributed by atoms with Crippen LogP contribution in [0.1, 0.15) is 11.1 Å². The summed E-state index contributed by atoms with van der Waals surface area (Å²) in [5.41, 5.74) is 5.37. The molecule has 2 aromatic carbocycles. The summed E-state index contributed by atoms with van der Waals surface area (Å²) in [5.74, 6) is 0.573. The van der Waals surface area contributed by atoms with Crippen LogP contribution in [-0.2, 0) is 0 Å². The molecule has 1 N–H and O–H groups in total. The predicted molar refractivity (Wildman–Crippen MR) is 98.3 cm³/mol. The molecule has 5 nitrogen and oxygen atoms in total. The van der Waals surface area contributed by atoms with Gasteiger partial charge in [0.05, 0.1) is 5.69 Å². The molecule has 3 rings (SSSR count). The van der Waals surface area contributed by atoms with Crippen LogP contribution < -0.4 is 5.32 Å². The maximum absolute atomic E-state index is 8.77. The van der Waals surface area contributed by atoms with Gasteiger partial charge in [-0.1, -0.05) is 23.9 Å². The number of fused-ring (bicyclic) bond motifs is 1. The van der Waals surface area contributed by atoms with Crippen molar-refractivity contribution in [3.63, 3.8) is 0 Å². The van der Waals surface area contributed by atoms with E-state index in [1.807, 2.05) is 62.7 Å². The Bertz CT molecular complexity index is 969. The first-order chi connectivity index (χ1) is 11.6. The molecular formula is C18H16N4OS. The lowest BCUT2D eigenvalue weighted by atomic mass is 10.1. The highest BCUT2D eigenvalue weighted by Crippen LogP contribution is 2.32. The molecule has 0 amide bonds. The van der Waals surface area contributed by atoms with Crippen molar-refractivity contribution in [3.8, 4) is 17.6 Å². The smallest absolute Gasteiger partial charge is 0.227 e. The normalized spacial score (nSPS) is 11.5. The Hall–Kier alpha value is -2.78. The number of aryl methyl sites for hydroxylation is 1. The lowest BCUT2D eigenvalue weighted by Crippen LogP contribution is -2.12. The summed E-state index contributed by atoms with van der Waals surface area (Å²) in [6.07, 6.45) is 3.76. The van der Waals surface area contributed by atoms with Gasteiger partial charge in [0.1, 0.15) is 5.52 Å². The van der Waals surface area contributed by atoms with E-state index >= 15 is 0 Å². The summed E-state index contributed by atoms with van der Waals surface area (Å²) in [6, 6.07) is 11.7. The zero-order valence-corrected chi connectivity index (χ0v) is 14.4. The number of benzene rings is 2. The van der Waals surface area contributed by atoms with E-state index in [1.165, 1.54) is 11.8 Å². The lowest BCUT2D eigenvalue weighted by Gasteiger charge is -2.06. The topological polar surface area (TPSA) is 74.2 Å². The van der Waals surface area contributed by atoms with Crippen LogP contribution >= 0.6 is 11.8 Å². The van der Waals surface area contributed by atoms with Crippen LogP contribution in [-0.4, -0.2) is 16.4 Å². The first-order valence-corrected chi connectivity index (χ1v) is 8.60. The SMILES string of the molecule is CSC(=Nc1cccc(-c2nc3cc(C)ccc3o2)c1C)NC#N. The number of aromatic nitrogens is 1. The molecule has 3 aromatic rings. The molecule has 6 heteroatoms. The molecule has 0 fully saturated rings. The summed E-state index contributed by atoms with van der Waals surface area (Å²) >= 11 is 1.38. The van der Waals surface area contributed by atoms with Gasteiger partial charge in [0.25, 0.3) is 0 Å². The van der Waals surface area contributed by atoms with Gasteiger partial charge in [-0.15, -0.1) is 0 Å². The van der Waals surface area contributed by atoms with Crippen molar-refractivity contribution in [3.05, 3.63) is 47.5 Å². The third-order valence-electron chi connectivity index (χ3n) is 3.66. The molecule has 24 heavy (non-hydrogen) atoms. The Morgan fingerprint density at radius 3 is 2.88 bits per heavy atom. The average molecular weight is 336 g/mol. The lowest BCUT2D eigenvalue weighted by molar-refractivity contribution is 0.619. The van der Waals surface area contributed by atoms with Crippen molar-refractivity contribution in [1.29, 1.82) is 5.26 Å². The molecule has 1 aromatic heterocycles. The van der Waals surface area contributed by atoms with E-state index in [9.17, 15) is 0 Å². The van der Waals surface area contributed by atoms with Crippen LogP contribution in [0, 0.1) is 25.3 Å². The zero-order chi connectivity index (χ0) is 17.1. The van der Waals surface area contributed by atoms with Crippen molar-refractivity contribution in [1.82, 2.24) is 10.3 Å². The van der Waals surface area contributed by atoms with Gasteiger partial charge in [-0.25, -0.2) is 9.98 Å². The highest BCUT2D eigenvalue weighted by molar-refractivity contribution is 8.13. The largest absolute Gasteiger partial charge is 0.436 e. The van der Waals surface area contributed by atoms with E-state index in [1.54, 1.807) is 0 Å². The van der Waals surface area contributed by atoms with Crippen molar-refractivity contribution >= 4 is 33.7 Å². The minimum Gasteiger partial charge on any atom is -0.436 e. The molecule has 0 radical (unpaired) electrons. The molecule has 0 aliphatic carbocycles. The fourth-order valence-electron chi connectivity index (χ4n) is 2.41. The van der Waals surface area contributed by atoms with E-state index in [-0.39, 0.29) is 0 Å². The highest BCUT2D eigenvalue weighted by atomic mass is 32.2. The number of nitrogens with one attached hydrogen (secondary N) is 1. The summed E-state index contributed by atoms with van der Waals surface area (Å²) in [6.45, 7) is 4.00. The quantitative estimate of drug-likeness (QED) is 0.322. The summed E-state index contributed by atoms with van der Waals surface area (Å²) in [4.78, 5) is 9.09. The van der Waals surface area contributed by atoms with Crippen molar-refractivity contribution in [2.45, 2.75) is 13.8 Å². The van der Waals surface area contributed by atoms with Crippen LogP contribution in [0.2, 0.25) is 0 Å². The van der Waals surface area contributed by atoms with Gasteiger partial charge in [-0.05, 0) is 55.5 Å². The fraction of sp³-hybridized carbons (Fsp3) is 0.167. The molecule has 0 unspecified atom stereocenters. The first-order valence-electron chi connectivity index (χ1n) is 7.37. The monoisotopic (exact) mass is 336 g/mol. The maximum atomic E-state index is 8.77. The second-order valence-electron chi connectivity index (χ2n) is 5.30. The van der Waals surface area contributed by atoms with Crippen LogP contribution in [0.3, 0.4) is 0 Å². The molecule has 0 aliphatic rings. The van der Waals surface area contributed by atoms with E-state index in [2.05, 4.69) is 15.3 Å². The standard InChI is InChI=1S/C18H16N4OS/c1-11-7-8-16-15(9-11)21-17(23-16)13-5-4-6-14(12(13)2)22-18(24-3)20-10-19/h4-9H,1-3H3,(H,20,22). The van der Waals surface area contributed by atoms with E-state index in [4.69, 9.17) is 9.68 Å². The van der Waals surface area contributed by atoms with Crippen LogP contribution in [0.5, 0.6) is 0 Å². The van der Waals surface area contributed by atoms with Crippen LogP contribution in [0.15, 0.2) is 45.8 Å². The number of oxazole rings is 1. The fourth-order valence-corrected chi connectivity index (χ4v) is 2.75. The molecule has 1 heterocycles. The molecule has 0 bridgehead atoms. The Balaban J connectivity index is 2.08. The first kappa shape index (κ1) is 16.1. The molecule has 120 valence electrons. The van der Waals surface area contributed by atoms with Crippen molar-refractivity contribution in [2.24, 2.45) is 4.99 Å². The van der Waals surface area contributed by atoms with Gasteiger partial charge in [0, 0.05) is 5.56 Å². The molecule has 0 saturated carbocycles. The summed E-state index contributed by atoms with van der Waals surface area (Å²) in [5, 5.41) is 11.9. The number of nitriles is 1. The minimum atomic E-state index is 0.547. The summed E-state index contributed by atoms with van der Waals surface area (Å²) in [7, 11) is 0. The third-order valence-corrected chi connectivity index (χ3v) is 4.24. The van der Waals surface area contributed by atoms with Gasteiger partial charge >= 0.3 is 0 Å². The predicted octanol–water partition coefficient (Wildman–Crippen LogP) is 4.53. The number of nitrogens with zero attached hydrogens (tertiary/aromatic N) is 3. The van der Waals surface area contributed by atoms with Crippen molar-refractivity contribution < 1.29 is 4.42 Å². The van der Waals surface area contributed by atoms with Gasteiger partial charge < -0.3 is 4.42 Å². The maximum Gasteiger partial charge on any atom is 0.227 e. The Morgan fingerprint density at radius 1 is 1.29 bits per heavy atom. The zero-order valence-electron chi connectivity index (χ0n) is 13.6. The Kier molecular flexibility index (Phi) is 4.54. The van der Waals surface area contributed by atoms with Gasteiger partial charge in [0.2, 0.25) is 5.89 Å². The number of aliphatic imine (C=N–C) groups is 1. The van der Waals surface area contributed by atoms with Gasteiger partial charge in [0.15, 0.2) is 16.9 Å². The van der Waals surface area contributed by atoms with Crippen molar-refractivity contribution in [2.75, 3.05) is 6.26 Å². The van der Waals surface area contributed by atoms with E-state index < -0.39 is 0 Å². The number of thioether (sulfide) groups is 1. The van der Waals surface area contributed by atoms with E-state index in [0.717, 1.165) is 33.5 Å². The van der Waals surface area contributed by atoms with Gasteiger partial charge in [-0.2, -0.15) is 5.26 Å². The second-order valence-corrected chi connectivity index (χ2v) is 6.09. The molecular weight excluding hydrogens is 320 g/mol. The van der Waals surface area contributed by atoms with Crippen LogP contribution in [0.25, 0.3) is 22.6 Å².